The second kappa shape index (κ2) is 5.73. The van der Waals surface area contributed by atoms with Gasteiger partial charge in [-0.25, -0.2) is 0 Å². The van der Waals surface area contributed by atoms with E-state index in [-0.39, 0.29) is 18.4 Å². The summed E-state index contributed by atoms with van der Waals surface area (Å²) in [5.74, 6) is -0.341. The summed E-state index contributed by atoms with van der Waals surface area (Å²) in [6.07, 6.45) is 2.09. The van der Waals surface area contributed by atoms with Crippen LogP contribution in [0.4, 0.5) is 5.69 Å². The predicted octanol–water partition coefficient (Wildman–Crippen LogP) is 1.05. The monoisotopic (exact) mass is 261 g/mol. The van der Waals surface area contributed by atoms with E-state index < -0.39 is 0 Å². The first kappa shape index (κ1) is 13.4. The zero-order valence-corrected chi connectivity index (χ0v) is 11.2. The van der Waals surface area contributed by atoms with E-state index in [4.69, 9.17) is 0 Å². The van der Waals surface area contributed by atoms with Gasteiger partial charge in [0.15, 0.2) is 0 Å². The van der Waals surface area contributed by atoms with E-state index in [9.17, 15) is 9.59 Å². The highest BCUT2D eigenvalue weighted by atomic mass is 16.2. The first-order valence-corrected chi connectivity index (χ1v) is 6.46. The fourth-order valence-electron chi connectivity index (χ4n) is 1.84. The molecule has 0 radical (unpaired) electrons. The Morgan fingerprint density at radius 3 is 2.63 bits per heavy atom. The summed E-state index contributed by atoms with van der Waals surface area (Å²) in [7, 11) is 1.83. The Bertz CT molecular complexity index is 495. The molecule has 1 saturated carbocycles. The summed E-state index contributed by atoms with van der Waals surface area (Å²) in [5.41, 5.74) is 2.44. The summed E-state index contributed by atoms with van der Waals surface area (Å²) in [4.78, 5) is 23.4. The molecule has 1 aromatic rings. The molecule has 1 fully saturated rings. The average Bonchev–Trinajstić information content (AvgIpc) is 3.19. The molecule has 1 aliphatic carbocycles. The van der Waals surface area contributed by atoms with E-state index in [0.717, 1.165) is 24.1 Å². The molecule has 0 atom stereocenters. The van der Waals surface area contributed by atoms with Crippen LogP contribution in [-0.2, 0) is 4.79 Å². The van der Waals surface area contributed by atoms with Gasteiger partial charge in [-0.1, -0.05) is 0 Å². The highest BCUT2D eigenvalue weighted by Gasteiger charge is 2.23. The van der Waals surface area contributed by atoms with Crippen LogP contribution in [-0.4, -0.2) is 31.4 Å². The molecular formula is C14H19N3O2. The van der Waals surface area contributed by atoms with Crippen molar-refractivity contribution in [2.45, 2.75) is 25.8 Å². The maximum absolute atomic E-state index is 12.0. The third-order valence-corrected chi connectivity index (χ3v) is 3.11. The normalized spacial score (nSPS) is 13.8. The van der Waals surface area contributed by atoms with Crippen LogP contribution in [0.2, 0.25) is 0 Å². The van der Waals surface area contributed by atoms with Gasteiger partial charge in [0.25, 0.3) is 5.91 Å². The second-order valence-corrected chi connectivity index (χ2v) is 4.80. The molecule has 0 aromatic heterocycles. The molecule has 0 bridgehead atoms. The van der Waals surface area contributed by atoms with Gasteiger partial charge < -0.3 is 16.0 Å². The summed E-state index contributed by atoms with van der Waals surface area (Å²) < 4.78 is 0. The summed E-state index contributed by atoms with van der Waals surface area (Å²) in [6, 6.07) is 5.82. The number of anilines is 1. The van der Waals surface area contributed by atoms with Crippen molar-refractivity contribution >= 4 is 17.5 Å². The Hall–Kier alpha value is -2.04. The predicted molar refractivity (Wildman–Crippen MR) is 74.2 cm³/mol. The number of amides is 2. The summed E-state index contributed by atoms with van der Waals surface area (Å²) in [6.45, 7) is 1.91. The molecule has 1 aromatic carbocycles. The highest BCUT2D eigenvalue weighted by molar-refractivity contribution is 5.98. The fourth-order valence-corrected chi connectivity index (χ4v) is 1.84. The lowest BCUT2D eigenvalue weighted by molar-refractivity contribution is -0.120. The van der Waals surface area contributed by atoms with Crippen LogP contribution in [0, 0.1) is 6.92 Å². The Morgan fingerprint density at radius 2 is 2.05 bits per heavy atom. The Balaban J connectivity index is 1.89. The van der Waals surface area contributed by atoms with Crippen LogP contribution in [0.5, 0.6) is 0 Å². The first-order chi connectivity index (χ1) is 9.10. The number of carbonyl (C=O) groups is 2. The average molecular weight is 261 g/mol. The molecule has 0 aliphatic heterocycles. The number of hydrogen-bond donors (Lipinski definition) is 3. The molecule has 0 heterocycles. The van der Waals surface area contributed by atoms with Crippen LogP contribution in [0.25, 0.3) is 0 Å². The van der Waals surface area contributed by atoms with Gasteiger partial charge in [-0.15, -0.1) is 0 Å². The zero-order chi connectivity index (χ0) is 13.8. The summed E-state index contributed by atoms with van der Waals surface area (Å²) in [5, 5.41) is 8.49. The van der Waals surface area contributed by atoms with Gasteiger partial charge in [0.2, 0.25) is 5.91 Å². The number of aryl methyl sites for hydroxylation is 1. The second-order valence-electron chi connectivity index (χ2n) is 4.80. The minimum Gasteiger partial charge on any atom is -0.388 e. The van der Waals surface area contributed by atoms with Gasteiger partial charge in [-0.2, -0.15) is 0 Å². The third kappa shape index (κ3) is 3.71. The van der Waals surface area contributed by atoms with Crippen LogP contribution in [0.3, 0.4) is 0 Å². The van der Waals surface area contributed by atoms with E-state index in [1.807, 2.05) is 26.1 Å². The quantitative estimate of drug-likeness (QED) is 0.742. The van der Waals surface area contributed by atoms with Crippen LogP contribution < -0.4 is 16.0 Å². The molecule has 19 heavy (non-hydrogen) atoms. The van der Waals surface area contributed by atoms with Crippen molar-refractivity contribution in [3.63, 3.8) is 0 Å². The molecule has 0 unspecified atom stereocenters. The molecule has 3 N–H and O–H groups in total. The number of hydrogen-bond acceptors (Lipinski definition) is 3. The molecule has 1 aliphatic rings. The maximum atomic E-state index is 12.0. The molecule has 5 nitrogen and oxygen atoms in total. The highest BCUT2D eigenvalue weighted by Crippen LogP contribution is 2.18. The van der Waals surface area contributed by atoms with E-state index in [2.05, 4.69) is 16.0 Å². The van der Waals surface area contributed by atoms with E-state index in [1.165, 1.54) is 0 Å². The van der Waals surface area contributed by atoms with Crippen molar-refractivity contribution in [2.75, 3.05) is 18.9 Å². The van der Waals surface area contributed by atoms with E-state index in [0.29, 0.717) is 11.6 Å². The molecule has 2 rings (SSSR count). The maximum Gasteiger partial charge on any atom is 0.251 e. The molecule has 2 amide bonds. The molecular weight excluding hydrogens is 242 g/mol. The third-order valence-electron chi connectivity index (χ3n) is 3.11. The number of rotatable bonds is 5. The fraction of sp³-hybridized carbons (Fsp3) is 0.429. The van der Waals surface area contributed by atoms with E-state index >= 15 is 0 Å². The van der Waals surface area contributed by atoms with Crippen molar-refractivity contribution in [1.82, 2.24) is 10.6 Å². The molecule has 0 spiro atoms. The van der Waals surface area contributed by atoms with E-state index in [1.54, 1.807) is 6.07 Å². The zero-order valence-electron chi connectivity index (χ0n) is 11.2. The molecule has 0 saturated heterocycles. The van der Waals surface area contributed by atoms with Crippen molar-refractivity contribution in [1.29, 1.82) is 0 Å². The Labute approximate surface area is 112 Å². The Kier molecular flexibility index (Phi) is 4.04. The standard InChI is InChI=1S/C14H19N3O2/c1-9-7-11(15-2)5-6-12(9)14(19)16-8-13(18)17-10-3-4-10/h5-7,10,15H,3-4,8H2,1-2H3,(H,16,19)(H,17,18). The van der Waals surface area contributed by atoms with Crippen LogP contribution in [0.15, 0.2) is 18.2 Å². The smallest absolute Gasteiger partial charge is 0.251 e. The molecule has 5 heteroatoms. The van der Waals surface area contributed by atoms with Crippen LogP contribution >= 0.6 is 0 Å². The lowest BCUT2D eigenvalue weighted by atomic mass is 10.1. The number of carbonyl (C=O) groups excluding carboxylic acids is 2. The van der Waals surface area contributed by atoms with Crippen molar-refractivity contribution in [3.05, 3.63) is 29.3 Å². The van der Waals surface area contributed by atoms with Gasteiger partial charge in [-0.05, 0) is 43.5 Å². The Morgan fingerprint density at radius 1 is 1.32 bits per heavy atom. The van der Waals surface area contributed by atoms with Crippen LogP contribution in [0.1, 0.15) is 28.8 Å². The largest absolute Gasteiger partial charge is 0.388 e. The van der Waals surface area contributed by atoms with Crippen molar-refractivity contribution < 1.29 is 9.59 Å². The first-order valence-electron chi connectivity index (χ1n) is 6.46. The lowest BCUT2D eigenvalue weighted by Gasteiger charge is -2.09. The van der Waals surface area contributed by atoms with Gasteiger partial charge >= 0.3 is 0 Å². The minimum atomic E-state index is -0.217. The minimum absolute atomic E-state index is 0.0303. The number of nitrogens with one attached hydrogen (secondary N) is 3. The van der Waals surface area contributed by atoms with Gasteiger partial charge in [0.1, 0.15) is 0 Å². The molecule has 102 valence electrons. The topological polar surface area (TPSA) is 70.2 Å². The summed E-state index contributed by atoms with van der Waals surface area (Å²) >= 11 is 0. The van der Waals surface area contributed by atoms with Gasteiger partial charge in [0, 0.05) is 24.3 Å². The van der Waals surface area contributed by atoms with Crippen molar-refractivity contribution in [3.8, 4) is 0 Å². The van der Waals surface area contributed by atoms with Gasteiger partial charge in [0.05, 0.1) is 6.54 Å². The lowest BCUT2D eigenvalue weighted by Crippen LogP contribution is -2.38. The van der Waals surface area contributed by atoms with Crippen molar-refractivity contribution in [2.24, 2.45) is 0 Å². The SMILES string of the molecule is CNc1ccc(C(=O)NCC(=O)NC2CC2)c(C)c1. The number of benzene rings is 1. The van der Waals surface area contributed by atoms with Gasteiger partial charge in [-0.3, -0.25) is 9.59 Å².